The van der Waals surface area contributed by atoms with Crippen LogP contribution >= 0.6 is 0 Å². The molecule has 4 heteroatoms. The van der Waals surface area contributed by atoms with Gasteiger partial charge in [-0.05, 0) is 6.42 Å². The second-order valence-electron chi connectivity index (χ2n) is 3.75. The van der Waals surface area contributed by atoms with Crippen LogP contribution in [-0.2, 0) is 9.59 Å². The van der Waals surface area contributed by atoms with Crippen LogP contribution in [0, 0.1) is 0 Å². The van der Waals surface area contributed by atoms with Crippen molar-refractivity contribution in [2.75, 3.05) is 13.1 Å². The predicted octanol–water partition coefficient (Wildman–Crippen LogP) is 1.89. The number of hydrogen-bond acceptors (Lipinski definition) is 2. The lowest BCUT2D eigenvalue weighted by atomic mass is 10.1. The van der Waals surface area contributed by atoms with Gasteiger partial charge < -0.3 is 10.0 Å². The number of nitrogens with zero attached hydrogens (tertiary/aromatic N) is 1. The summed E-state index contributed by atoms with van der Waals surface area (Å²) in [6.07, 6.45) is 5.52. The van der Waals surface area contributed by atoms with Gasteiger partial charge >= 0.3 is 5.97 Å². The second kappa shape index (κ2) is 8.26. The van der Waals surface area contributed by atoms with Gasteiger partial charge in [0.2, 0.25) is 5.91 Å². The zero-order chi connectivity index (χ0) is 11.7. The smallest absolute Gasteiger partial charge is 0.323 e. The van der Waals surface area contributed by atoms with Crippen molar-refractivity contribution in [1.29, 1.82) is 0 Å². The fourth-order valence-electron chi connectivity index (χ4n) is 1.42. The summed E-state index contributed by atoms with van der Waals surface area (Å²) in [6.45, 7) is 3.94. The SMILES string of the molecule is CCCCCCCN(CC(=O)O)C(C)=O. The Morgan fingerprint density at radius 1 is 1.13 bits per heavy atom. The fourth-order valence-corrected chi connectivity index (χ4v) is 1.42. The van der Waals surface area contributed by atoms with E-state index < -0.39 is 5.97 Å². The van der Waals surface area contributed by atoms with Crippen LogP contribution in [0.25, 0.3) is 0 Å². The van der Waals surface area contributed by atoms with Crippen molar-refractivity contribution in [3.8, 4) is 0 Å². The van der Waals surface area contributed by atoms with Crippen molar-refractivity contribution in [2.45, 2.75) is 46.0 Å². The highest BCUT2D eigenvalue weighted by Crippen LogP contribution is 2.04. The minimum absolute atomic E-state index is 0.159. The largest absolute Gasteiger partial charge is 0.480 e. The summed E-state index contributed by atoms with van der Waals surface area (Å²) in [4.78, 5) is 22.9. The highest BCUT2D eigenvalue weighted by Gasteiger charge is 2.11. The molecular formula is C11H21NO3. The standard InChI is InChI=1S/C11H21NO3/c1-3-4-5-6-7-8-12(10(2)13)9-11(14)15/h3-9H2,1-2H3,(H,14,15). The third-order valence-electron chi connectivity index (χ3n) is 2.30. The molecule has 0 atom stereocenters. The Hall–Kier alpha value is -1.06. The normalized spacial score (nSPS) is 10.0. The van der Waals surface area contributed by atoms with E-state index in [0.717, 1.165) is 19.3 Å². The molecule has 0 aromatic heterocycles. The molecule has 4 nitrogen and oxygen atoms in total. The van der Waals surface area contributed by atoms with Gasteiger partial charge in [0.25, 0.3) is 0 Å². The number of aliphatic carboxylic acids is 1. The highest BCUT2D eigenvalue weighted by molar-refractivity contribution is 5.79. The van der Waals surface area contributed by atoms with Gasteiger partial charge in [-0.3, -0.25) is 9.59 Å². The van der Waals surface area contributed by atoms with Crippen LogP contribution in [0.1, 0.15) is 46.0 Å². The quantitative estimate of drug-likeness (QED) is 0.629. The van der Waals surface area contributed by atoms with E-state index in [2.05, 4.69) is 6.92 Å². The molecule has 0 radical (unpaired) electrons. The Morgan fingerprint density at radius 3 is 2.20 bits per heavy atom. The first kappa shape index (κ1) is 13.9. The molecule has 0 spiro atoms. The number of hydrogen-bond donors (Lipinski definition) is 1. The highest BCUT2D eigenvalue weighted by atomic mass is 16.4. The summed E-state index contributed by atoms with van der Waals surface area (Å²) in [7, 11) is 0. The van der Waals surface area contributed by atoms with Crippen LogP contribution in [0.3, 0.4) is 0 Å². The number of rotatable bonds is 8. The molecule has 0 rings (SSSR count). The Bertz CT molecular complexity index is 204. The molecule has 0 saturated carbocycles. The molecule has 0 unspecified atom stereocenters. The van der Waals surface area contributed by atoms with Gasteiger partial charge in [0.1, 0.15) is 6.54 Å². The van der Waals surface area contributed by atoms with Crippen LogP contribution in [0.15, 0.2) is 0 Å². The van der Waals surface area contributed by atoms with Gasteiger partial charge in [0.15, 0.2) is 0 Å². The van der Waals surface area contributed by atoms with Gasteiger partial charge in [-0.2, -0.15) is 0 Å². The zero-order valence-electron chi connectivity index (χ0n) is 9.66. The number of carbonyl (C=O) groups excluding carboxylic acids is 1. The Labute approximate surface area is 91.3 Å². The minimum Gasteiger partial charge on any atom is -0.480 e. The van der Waals surface area contributed by atoms with Crippen LogP contribution in [0.2, 0.25) is 0 Å². The topological polar surface area (TPSA) is 57.6 Å². The molecule has 0 aliphatic heterocycles. The number of carboxylic acids is 1. The van der Waals surface area contributed by atoms with E-state index >= 15 is 0 Å². The molecule has 0 aromatic carbocycles. The summed E-state index contributed by atoms with van der Waals surface area (Å²) in [6, 6.07) is 0. The molecule has 0 aliphatic rings. The minimum atomic E-state index is -0.946. The Balaban J connectivity index is 3.67. The van der Waals surface area contributed by atoms with Gasteiger partial charge in [-0.15, -0.1) is 0 Å². The lowest BCUT2D eigenvalue weighted by Gasteiger charge is -2.18. The number of carboxylic acid groups (broad SMARTS) is 1. The fraction of sp³-hybridized carbons (Fsp3) is 0.818. The molecular weight excluding hydrogens is 194 g/mol. The molecule has 15 heavy (non-hydrogen) atoms. The monoisotopic (exact) mass is 215 g/mol. The maximum atomic E-state index is 11.1. The average Bonchev–Trinajstić information content (AvgIpc) is 2.15. The van der Waals surface area contributed by atoms with Crippen LogP contribution in [-0.4, -0.2) is 35.0 Å². The van der Waals surface area contributed by atoms with Crippen LogP contribution in [0.5, 0.6) is 0 Å². The molecule has 0 aliphatic carbocycles. The van der Waals surface area contributed by atoms with Crippen LogP contribution < -0.4 is 0 Å². The molecule has 0 saturated heterocycles. The summed E-state index contributed by atoms with van der Waals surface area (Å²) in [5.74, 6) is -1.10. The molecule has 1 amide bonds. The maximum Gasteiger partial charge on any atom is 0.323 e. The average molecular weight is 215 g/mol. The van der Waals surface area contributed by atoms with E-state index in [9.17, 15) is 9.59 Å². The number of carbonyl (C=O) groups is 2. The van der Waals surface area contributed by atoms with Crippen molar-refractivity contribution in [3.63, 3.8) is 0 Å². The van der Waals surface area contributed by atoms with E-state index in [0.29, 0.717) is 6.54 Å². The first-order valence-corrected chi connectivity index (χ1v) is 5.55. The van der Waals surface area contributed by atoms with E-state index in [1.54, 1.807) is 0 Å². The molecule has 88 valence electrons. The Kier molecular flexibility index (Phi) is 7.68. The van der Waals surface area contributed by atoms with Crippen molar-refractivity contribution < 1.29 is 14.7 Å². The third-order valence-corrected chi connectivity index (χ3v) is 2.30. The summed E-state index contributed by atoms with van der Waals surface area (Å²) < 4.78 is 0. The van der Waals surface area contributed by atoms with Gasteiger partial charge in [-0.1, -0.05) is 32.6 Å². The van der Waals surface area contributed by atoms with Crippen LogP contribution in [0.4, 0.5) is 0 Å². The zero-order valence-corrected chi connectivity index (χ0v) is 9.66. The van der Waals surface area contributed by atoms with Gasteiger partial charge in [-0.25, -0.2) is 0 Å². The van der Waals surface area contributed by atoms with Crippen molar-refractivity contribution in [3.05, 3.63) is 0 Å². The maximum absolute atomic E-state index is 11.1. The molecule has 0 aromatic rings. The third kappa shape index (κ3) is 7.97. The molecule has 1 N–H and O–H groups in total. The number of unbranched alkanes of at least 4 members (excludes halogenated alkanes) is 4. The number of amides is 1. The molecule has 0 bridgehead atoms. The lowest BCUT2D eigenvalue weighted by molar-refractivity contribution is -0.143. The van der Waals surface area contributed by atoms with E-state index in [1.807, 2.05) is 0 Å². The summed E-state index contributed by atoms with van der Waals surface area (Å²) >= 11 is 0. The van der Waals surface area contributed by atoms with Crippen molar-refractivity contribution >= 4 is 11.9 Å². The summed E-state index contributed by atoms with van der Waals surface area (Å²) in [5, 5.41) is 8.58. The van der Waals surface area contributed by atoms with Crippen molar-refractivity contribution in [1.82, 2.24) is 4.90 Å². The predicted molar refractivity (Wildman–Crippen MR) is 58.6 cm³/mol. The molecule has 0 fully saturated rings. The van der Waals surface area contributed by atoms with Gasteiger partial charge in [0.05, 0.1) is 0 Å². The summed E-state index contributed by atoms with van der Waals surface area (Å²) in [5.41, 5.74) is 0. The first-order valence-electron chi connectivity index (χ1n) is 5.55. The second-order valence-corrected chi connectivity index (χ2v) is 3.75. The Morgan fingerprint density at radius 2 is 1.73 bits per heavy atom. The lowest BCUT2D eigenvalue weighted by Crippen LogP contribution is -2.34. The van der Waals surface area contributed by atoms with E-state index in [-0.39, 0.29) is 12.5 Å². The van der Waals surface area contributed by atoms with Crippen molar-refractivity contribution in [2.24, 2.45) is 0 Å². The van der Waals surface area contributed by atoms with E-state index in [4.69, 9.17) is 5.11 Å². The van der Waals surface area contributed by atoms with E-state index in [1.165, 1.54) is 24.7 Å². The molecule has 0 heterocycles. The van der Waals surface area contributed by atoms with Gasteiger partial charge in [0, 0.05) is 13.5 Å². The first-order chi connectivity index (χ1) is 7.07.